The van der Waals surface area contributed by atoms with Crippen LogP contribution in [0.3, 0.4) is 0 Å². The van der Waals surface area contributed by atoms with Gasteiger partial charge in [-0.25, -0.2) is 4.79 Å². The lowest BCUT2D eigenvalue weighted by Crippen LogP contribution is -2.30. The fourth-order valence-corrected chi connectivity index (χ4v) is 3.26. The van der Waals surface area contributed by atoms with Gasteiger partial charge in [0.15, 0.2) is 0 Å². The maximum Gasteiger partial charge on any atom is 0.319 e. The van der Waals surface area contributed by atoms with Gasteiger partial charge in [0.2, 0.25) is 0 Å². The summed E-state index contributed by atoms with van der Waals surface area (Å²) in [6, 6.07) is 13.9. The molecule has 2 rings (SSSR count). The van der Waals surface area contributed by atoms with Gasteiger partial charge in [0, 0.05) is 12.2 Å². The largest absolute Gasteiger partial charge is 0.492 e. The van der Waals surface area contributed by atoms with Crippen LogP contribution in [0.5, 0.6) is 5.75 Å². The second kappa shape index (κ2) is 9.66. The maximum atomic E-state index is 12.0. The van der Waals surface area contributed by atoms with Crippen molar-refractivity contribution in [3.8, 4) is 5.75 Å². The fraction of sp³-hybridized carbons (Fsp3) is 0.458. The van der Waals surface area contributed by atoms with Crippen LogP contribution in [0.4, 0.5) is 10.5 Å². The van der Waals surface area contributed by atoms with E-state index in [1.807, 2.05) is 30.3 Å². The Hall–Kier alpha value is -2.01. The lowest BCUT2D eigenvalue weighted by molar-refractivity contribution is 0.250. The number of anilines is 1. The van der Waals surface area contributed by atoms with E-state index in [2.05, 4.69) is 80.2 Å². The Balaban J connectivity index is 1.72. The average molecular weight is 461 g/mol. The summed E-state index contributed by atoms with van der Waals surface area (Å²) in [5, 5.41) is 5.72. The summed E-state index contributed by atoms with van der Waals surface area (Å²) in [6.45, 7) is 14.1. The molecule has 0 aliphatic heterocycles. The molecule has 0 spiro atoms. The highest BCUT2D eigenvalue weighted by molar-refractivity contribution is 9.10. The Bertz CT molecular complexity index is 818. The normalized spacial score (nSPS) is 11.8. The fourth-order valence-electron chi connectivity index (χ4n) is 2.77. The zero-order valence-electron chi connectivity index (χ0n) is 18.4. The standard InChI is InChI=1S/C24H33BrN2O2/c1-23(2,3)17-8-11-19(12-9-17)27-22(28)26-14-7-15-29-21-13-10-18(16-20(21)25)24(4,5)6/h8-13,16H,7,14-15H2,1-6H3,(H2,26,27,28). The van der Waals surface area contributed by atoms with Crippen LogP contribution in [0.2, 0.25) is 0 Å². The first-order valence-corrected chi connectivity index (χ1v) is 10.8. The molecule has 2 aromatic rings. The molecule has 2 aromatic carbocycles. The van der Waals surface area contributed by atoms with Crippen molar-refractivity contribution < 1.29 is 9.53 Å². The van der Waals surface area contributed by atoms with Crippen LogP contribution in [-0.4, -0.2) is 19.2 Å². The first-order valence-electron chi connectivity index (χ1n) is 10.0. The molecule has 0 saturated carbocycles. The van der Waals surface area contributed by atoms with Gasteiger partial charge in [-0.15, -0.1) is 0 Å². The molecule has 0 atom stereocenters. The second-order valence-electron chi connectivity index (χ2n) is 9.31. The number of halogens is 1. The van der Waals surface area contributed by atoms with Gasteiger partial charge in [-0.3, -0.25) is 0 Å². The van der Waals surface area contributed by atoms with Gasteiger partial charge in [0.05, 0.1) is 11.1 Å². The minimum absolute atomic E-state index is 0.100. The highest BCUT2D eigenvalue weighted by Gasteiger charge is 2.15. The van der Waals surface area contributed by atoms with Gasteiger partial charge in [0.1, 0.15) is 5.75 Å². The monoisotopic (exact) mass is 460 g/mol. The van der Waals surface area contributed by atoms with E-state index in [0.717, 1.165) is 22.3 Å². The van der Waals surface area contributed by atoms with Gasteiger partial charge >= 0.3 is 6.03 Å². The Labute approximate surface area is 183 Å². The van der Waals surface area contributed by atoms with Gasteiger partial charge in [0.25, 0.3) is 0 Å². The summed E-state index contributed by atoms with van der Waals surface area (Å²) in [5.41, 5.74) is 3.48. The Morgan fingerprint density at radius 1 is 0.931 bits per heavy atom. The van der Waals surface area contributed by atoms with Gasteiger partial charge in [-0.05, 0) is 68.6 Å². The van der Waals surface area contributed by atoms with Crippen LogP contribution < -0.4 is 15.4 Å². The van der Waals surface area contributed by atoms with Crippen molar-refractivity contribution in [2.24, 2.45) is 0 Å². The van der Waals surface area contributed by atoms with E-state index in [4.69, 9.17) is 4.74 Å². The summed E-state index contributed by atoms with van der Waals surface area (Å²) in [6.07, 6.45) is 0.726. The minimum Gasteiger partial charge on any atom is -0.492 e. The van der Waals surface area contributed by atoms with Crippen LogP contribution >= 0.6 is 15.9 Å². The third-order valence-corrected chi connectivity index (χ3v) is 5.29. The van der Waals surface area contributed by atoms with Crippen molar-refractivity contribution in [1.29, 1.82) is 0 Å². The highest BCUT2D eigenvalue weighted by Crippen LogP contribution is 2.31. The Morgan fingerprint density at radius 3 is 2.07 bits per heavy atom. The van der Waals surface area contributed by atoms with Crippen molar-refractivity contribution in [3.05, 3.63) is 58.1 Å². The number of ether oxygens (including phenoxy) is 1. The van der Waals surface area contributed by atoms with E-state index in [1.54, 1.807) is 0 Å². The van der Waals surface area contributed by atoms with Crippen LogP contribution in [-0.2, 0) is 10.8 Å². The SMILES string of the molecule is CC(C)(C)c1ccc(NC(=O)NCCCOc2ccc(C(C)(C)C)cc2Br)cc1. The first-order chi connectivity index (χ1) is 13.5. The Kier molecular flexibility index (Phi) is 7.75. The number of carbonyl (C=O) groups excluding carboxylic acids is 1. The van der Waals surface area contributed by atoms with E-state index in [1.165, 1.54) is 11.1 Å². The molecular weight excluding hydrogens is 428 g/mol. The summed E-state index contributed by atoms with van der Waals surface area (Å²) >= 11 is 3.58. The van der Waals surface area contributed by atoms with Gasteiger partial charge in [-0.1, -0.05) is 59.7 Å². The van der Waals surface area contributed by atoms with Crippen molar-refractivity contribution in [2.45, 2.75) is 58.8 Å². The zero-order valence-corrected chi connectivity index (χ0v) is 19.9. The van der Waals surface area contributed by atoms with Crippen LogP contribution in [0.25, 0.3) is 0 Å². The molecule has 2 N–H and O–H groups in total. The molecule has 0 aliphatic rings. The van der Waals surface area contributed by atoms with Crippen molar-refractivity contribution >= 4 is 27.6 Å². The number of benzene rings is 2. The molecule has 0 heterocycles. The van der Waals surface area contributed by atoms with E-state index in [0.29, 0.717) is 13.2 Å². The van der Waals surface area contributed by atoms with Crippen molar-refractivity contribution in [1.82, 2.24) is 5.32 Å². The molecule has 0 saturated heterocycles. The number of hydrogen-bond donors (Lipinski definition) is 2. The molecule has 0 aromatic heterocycles. The summed E-state index contributed by atoms with van der Waals surface area (Å²) in [5.74, 6) is 0.821. The third kappa shape index (κ3) is 7.39. The van der Waals surface area contributed by atoms with Gasteiger partial charge < -0.3 is 15.4 Å². The smallest absolute Gasteiger partial charge is 0.319 e. The summed E-state index contributed by atoms with van der Waals surface area (Å²) in [4.78, 5) is 12.0. The molecule has 5 heteroatoms. The topological polar surface area (TPSA) is 50.4 Å². The minimum atomic E-state index is -0.204. The van der Waals surface area contributed by atoms with E-state index >= 15 is 0 Å². The molecule has 158 valence electrons. The predicted molar refractivity (Wildman–Crippen MR) is 125 cm³/mol. The maximum absolute atomic E-state index is 12.0. The number of hydrogen-bond acceptors (Lipinski definition) is 2. The summed E-state index contributed by atoms with van der Waals surface area (Å²) in [7, 11) is 0. The molecule has 4 nitrogen and oxygen atoms in total. The van der Waals surface area contributed by atoms with Crippen LogP contribution in [0, 0.1) is 0 Å². The lowest BCUT2D eigenvalue weighted by atomic mass is 9.87. The van der Waals surface area contributed by atoms with E-state index < -0.39 is 0 Å². The van der Waals surface area contributed by atoms with Gasteiger partial charge in [-0.2, -0.15) is 0 Å². The molecule has 0 unspecified atom stereocenters. The number of urea groups is 1. The Morgan fingerprint density at radius 2 is 1.52 bits per heavy atom. The number of nitrogens with one attached hydrogen (secondary N) is 2. The molecule has 0 aliphatic carbocycles. The lowest BCUT2D eigenvalue weighted by Gasteiger charge is -2.20. The predicted octanol–water partition coefficient (Wildman–Crippen LogP) is 6.63. The van der Waals surface area contributed by atoms with E-state index in [9.17, 15) is 4.79 Å². The zero-order chi connectivity index (χ0) is 21.7. The van der Waals surface area contributed by atoms with Crippen LogP contribution in [0.1, 0.15) is 59.1 Å². The molecule has 0 fully saturated rings. The molecule has 0 bridgehead atoms. The average Bonchev–Trinajstić information content (AvgIpc) is 2.61. The molecule has 29 heavy (non-hydrogen) atoms. The number of amides is 2. The third-order valence-electron chi connectivity index (χ3n) is 4.67. The number of rotatable bonds is 6. The van der Waals surface area contributed by atoms with E-state index in [-0.39, 0.29) is 16.9 Å². The quantitative estimate of drug-likeness (QED) is 0.474. The molecular formula is C24H33BrN2O2. The highest BCUT2D eigenvalue weighted by atomic mass is 79.9. The van der Waals surface area contributed by atoms with Crippen molar-refractivity contribution in [3.63, 3.8) is 0 Å². The second-order valence-corrected chi connectivity index (χ2v) is 10.2. The summed E-state index contributed by atoms with van der Waals surface area (Å²) < 4.78 is 6.78. The molecule has 0 radical (unpaired) electrons. The number of carbonyl (C=O) groups is 1. The first kappa shape index (κ1) is 23.3. The van der Waals surface area contributed by atoms with Crippen LogP contribution in [0.15, 0.2) is 46.9 Å². The molecule has 2 amide bonds. The van der Waals surface area contributed by atoms with Crippen molar-refractivity contribution in [2.75, 3.05) is 18.5 Å².